The molecule has 0 aliphatic carbocycles. The molecule has 8 heteroatoms. The molecule has 0 fully saturated rings. The predicted molar refractivity (Wildman–Crippen MR) is 86.3 cm³/mol. The summed E-state index contributed by atoms with van der Waals surface area (Å²) in [4.78, 5) is 13.5. The smallest absolute Gasteiger partial charge is 0.484 e. The van der Waals surface area contributed by atoms with Gasteiger partial charge in [-0.3, -0.25) is 4.79 Å². The summed E-state index contributed by atoms with van der Waals surface area (Å²) in [6.45, 7) is 0.0134. The average molecular weight is 364 g/mol. The third-order valence-corrected chi connectivity index (χ3v) is 3.35. The molecule has 0 saturated carbocycles. The van der Waals surface area contributed by atoms with Gasteiger partial charge in [0.25, 0.3) is 5.91 Å². The van der Waals surface area contributed by atoms with E-state index in [1.165, 1.54) is 29.2 Å². The lowest BCUT2D eigenvalue weighted by Gasteiger charge is -2.18. The van der Waals surface area contributed by atoms with Crippen molar-refractivity contribution in [2.75, 3.05) is 13.7 Å². The molecule has 2 aromatic carbocycles. The van der Waals surface area contributed by atoms with Crippen LogP contribution in [0.3, 0.4) is 0 Å². The summed E-state index contributed by atoms with van der Waals surface area (Å²) < 4.78 is 45.5. The number of benzene rings is 2. The fraction of sp³-hybridized carbons (Fsp3) is 0.222. The van der Waals surface area contributed by atoms with Gasteiger partial charge in [0.05, 0.1) is 11.6 Å². The SMILES string of the molecule is CN(Cc1ccc(OC(F)(F)F)cc1)C(=O)COc1ccc(C#N)cc1. The van der Waals surface area contributed by atoms with E-state index in [9.17, 15) is 18.0 Å². The van der Waals surface area contributed by atoms with Crippen LogP contribution in [0.4, 0.5) is 13.2 Å². The second kappa shape index (κ2) is 8.25. The van der Waals surface area contributed by atoms with Crippen LogP contribution in [0.5, 0.6) is 11.5 Å². The minimum absolute atomic E-state index is 0.197. The van der Waals surface area contributed by atoms with E-state index in [0.29, 0.717) is 16.9 Å². The van der Waals surface area contributed by atoms with E-state index in [1.807, 2.05) is 6.07 Å². The van der Waals surface area contributed by atoms with Gasteiger partial charge in [-0.2, -0.15) is 5.26 Å². The van der Waals surface area contributed by atoms with Crippen LogP contribution < -0.4 is 9.47 Å². The number of hydrogen-bond acceptors (Lipinski definition) is 4. The molecule has 0 bridgehead atoms. The van der Waals surface area contributed by atoms with Gasteiger partial charge >= 0.3 is 6.36 Å². The van der Waals surface area contributed by atoms with Crippen molar-refractivity contribution in [2.24, 2.45) is 0 Å². The Bertz CT molecular complexity index is 781. The number of nitriles is 1. The highest BCUT2D eigenvalue weighted by atomic mass is 19.4. The molecule has 0 aliphatic rings. The summed E-state index contributed by atoms with van der Waals surface area (Å²) in [6, 6.07) is 13.6. The minimum Gasteiger partial charge on any atom is -0.484 e. The quantitative estimate of drug-likeness (QED) is 0.787. The molecule has 26 heavy (non-hydrogen) atoms. The lowest BCUT2D eigenvalue weighted by Crippen LogP contribution is -2.30. The van der Waals surface area contributed by atoms with Gasteiger partial charge in [-0.1, -0.05) is 12.1 Å². The molecular weight excluding hydrogens is 349 g/mol. The zero-order valence-electron chi connectivity index (χ0n) is 13.8. The van der Waals surface area contributed by atoms with Crippen molar-refractivity contribution in [1.82, 2.24) is 4.90 Å². The molecule has 0 N–H and O–H groups in total. The summed E-state index contributed by atoms with van der Waals surface area (Å²) in [5, 5.41) is 8.72. The second-order valence-electron chi connectivity index (χ2n) is 5.37. The van der Waals surface area contributed by atoms with E-state index in [0.717, 1.165) is 0 Å². The van der Waals surface area contributed by atoms with E-state index in [2.05, 4.69) is 4.74 Å². The van der Waals surface area contributed by atoms with Gasteiger partial charge in [0, 0.05) is 13.6 Å². The molecule has 0 saturated heterocycles. The summed E-state index contributed by atoms with van der Waals surface area (Å²) in [7, 11) is 1.56. The molecule has 0 unspecified atom stereocenters. The van der Waals surface area contributed by atoms with Crippen molar-refractivity contribution in [3.05, 3.63) is 59.7 Å². The number of carbonyl (C=O) groups excluding carboxylic acids is 1. The number of hydrogen-bond donors (Lipinski definition) is 0. The molecular formula is C18H15F3N2O3. The van der Waals surface area contributed by atoms with Gasteiger partial charge in [-0.15, -0.1) is 13.2 Å². The Labute approximate surface area is 148 Å². The zero-order chi connectivity index (χ0) is 19.2. The molecule has 0 heterocycles. The Morgan fingerprint density at radius 2 is 1.65 bits per heavy atom. The van der Waals surface area contributed by atoms with Crippen LogP contribution in [0, 0.1) is 11.3 Å². The van der Waals surface area contributed by atoms with Crippen LogP contribution in [-0.4, -0.2) is 30.8 Å². The van der Waals surface area contributed by atoms with Gasteiger partial charge in [-0.05, 0) is 42.0 Å². The van der Waals surface area contributed by atoms with E-state index < -0.39 is 6.36 Å². The van der Waals surface area contributed by atoms with Crippen LogP contribution in [-0.2, 0) is 11.3 Å². The number of likely N-dealkylation sites (N-methyl/N-ethyl adjacent to an activating group) is 1. The first-order valence-electron chi connectivity index (χ1n) is 7.48. The van der Waals surface area contributed by atoms with Crippen LogP contribution in [0.2, 0.25) is 0 Å². The molecule has 0 atom stereocenters. The normalized spacial score (nSPS) is 10.7. The van der Waals surface area contributed by atoms with Gasteiger partial charge < -0.3 is 14.4 Å². The lowest BCUT2D eigenvalue weighted by molar-refractivity contribution is -0.274. The first-order chi connectivity index (χ1) is 12.3. The third-order valence-electron chi connectivity index (χ3n) is 3.35. The highest BCUT2D eigenvalue weighted by Crippen LogP contribution is 2.23. The van der Waals surface area contributed by atoms with Gasteiger partial charge in [0.15, 0.2) is 6.61 Å². The molecule has 1 amide bonds. The Hall–Kier alpha value is -3.21. The fourth-order valence-electron chi connectivity index (χ4n) is 2.04. The van der Waals surface area contributed by atoms with Crippen molar-refractivity contribution >= 4 is 5.91 Å². The maximum Gasteiger partial charge on any atom is 0.573 e. The first kappa shape index (κ1) is 19.1. The van der Waals surface area contributed by atoms with Crippen molar-refractivity contribution in [3.63, 3.8) is 0 Å². The van der Waals surface area contributed by atoms with E-state index >= 15 is 0 Å². The number of amides is 1. The topological polar surface area (TPSA) is 62.6 Å². The second-order valence-corrected chi connectivity index (χ2v) is 5.37. The highest BCUT2D eigenvalue weighted by Gasteiger charge is 2.30. The monoisotopic (exact) mass is 364 g/mol. The molecule has 0 spiro atoms. The first-order valence-corrected chi connectivity index (χ1v) is 7.48. The van der Waals surface area contributed by atoms with E-state index in [4.69, 9.17) is 10.00 Å². The van der Waals surface area contributed by atoms with E-state index in [1.54, 1.807) is 31.3 Å². The summed E-state index contributed by atoms with van der Waals surface area (Å²) in [6.07, 6.45) is -4.74. The Morgan fingerprint density at radius 1 is 1.08 bits per heavy atom. The molecule has 0 aromatic heterocycles. The fourth-order valence-corrected chi connectivity index (χ4v) is 2.04. The number of rotatable bonds is 6. The molecule has 0 radical (unpaired) electrons. The van der Waals surface area contributed by atoms with Crippen LogP contribution in [0.25, 0.3) is 0 Å². The standard InChI is InChI=1S/C18H15F3N2O3/c1-23(11-14-4-8-16(9-5-14)26-18(19,20)21)17(24)12-25-15-6-2-13(10-22)3-7-15/h2-9H,11-12H2,1H3. The molecule has 136 valence electrons. The Balaban J connectivity index is 1.85. The summed E-state index contributed by atoms with van der Waals surface area (Å²) in [5.41, 5.74) is 1.13. The minimum atomic E-state index is -4.74. The van der Waals surface area contributed by atoms with Gasteiger partial charge in [0.1, 0.15) is 11.5 Å². The van der Waals surface area contributed by atoms with Gasteiger partial charge in [-0.25, -0.2) is 0 Å². The summed E-state index contributed by atoms with van der Waals surface area (Å²) in [5.74, 6) is -0.163. The van der Waals surface area contributed by atoms with Crippen molar-refractivity contribution in [2.45, 2.75) is 12.9 Å². The molecule has 2 aromatic rings. The Morgan fingerprint density at radius 3 is 2.19 bits per heavy atom. The van der Waals surface area contributed by atoms with Crippen molar-refractivity contribution in [3.8, 4) is 17.6 Å². The number of nitrogens with zero attached hydrogens (tertiary/aromatic N) is 2. The predicted octanol–water partition coefficient (Wildman–Crippen LogP) is 3.49. The number of alkyl halides is 3. The van der Waals surface area contributed by atoms with Crippen molar-refractivity contribution < 1.29 is 27.4 Å². The molecule has 5 nitrogen and oxygen atoms in total. The number of carbonyl (C=O) groups is 1. The maximum absolute atomic E-state index is 12.1. The number of ether oxygens (including phenoxy) is 2. The zero-order valence-corrected chi connectivity index (χ0v) is 13.8. The van der Waals surface area contributed by atoms with Crippen LogP contribution in [0.1, 0.15) is 11.1 Å². The van der Waals surface area contributed by atoms with E-state index in [-0.39, 0.29) is 24.8 Å². The lowest BCUT2D eigenvalue weighted by atomic mass is 10.2. The van der Waals surface area contributed by atoms with Crippen LogP contribution in [0.15, 0.2) is 48.5 Å². The maximum atomic E-state index is 12.1. The van der Waals surface area contributed by atoms with Gasteiger partial charge in [0.2, 0.25) is 0 Å². The largest absolute Gasteiger partial charge is 0.573 e. The molecule has 0 aliphatic heterocycles. The van der Waals surface area contributed by atoms with Crippen molar-refractivity contribution in [1.29, 1.82) is 5.26 Å². The average Bonchev–Trinajstić information content (AvgIpc) is 2.60. The Kier molecular flexibility index (Phi) is 6.07. The highest BCUT2D eigenvalue weighted by molar-refractivity contribution is 5.77. The summed E-state index contributed by atoms with van der Waals surface area (Å²) >= 11 is 0. The molecule has 2 rings (SSSR count). The number of halogens is 3. The third kappa shape index (κ3) is 6.02. The van der Waals surface area contributed by atoms with Crippen LogP contribution >= 0.6 is 0 Å².